The first-order valence-electron chi connectivity index (χ1n) is 8.95. The Hall–Kier alpha value is -1.91. The van der Waals surface area contributed by atoms with Gasteiger partial charge < -0.3 is 15.5 Å². The van der Waals surface area contributed by atoms with Crippen LogP contribution in [0.15, 0.2) is 42.5 Å². The Morgan fingerprint density at radius 3 is 2.23 bits per heavy atom. The standard InChI is InChI=1S/C20H23Cl2N3O/c21-15-12-16(22)14-18(13-15)23-9-8-20(26)24-17-4-6-19(7-5-17)25-10-2-1-3-11-25/h4-7,12-14,23H,1-3,8-11H2,(H,24,26). The molecule has 1 aliphatic rings. The fourth-order valence-corrected chi connectivity index (χ4v) is 3.63. The number of nitrogens with zero attached hydrogens (tertiary/aromatic N) is 1. The van der Waals surface area contributed by atoms with Crippen molar-refractivity contribution in [2.24, 2.45) is 0 Å². The van der Waals surface area contributed by atoms with Gasteiger partial charge in [0.25, 0.3) is 0 Å². The van der Waals surface area contributed by atoms with E-state index in [0.717, 1.165) is 24.5 Å². The summed E-state index contributed by atoms with van der Waals surface area (Å²) in [5.74, 6) is -0.0312. The van der Waals surface area contributed by atoms with Crippen molar-refractivity contribution in [3.63, 3.8) is 0 Å². The predicted molar refractivity (Wildman–Crippen MR) is 111 cm³/mol. The third-order valence-corrected chi connectivity index (χ3v) is 4.85. The number of anilines is 3. The maximum atomic E-state index is 12.1. The van der Waals surface area contributed by atoms with Crippen molar-refractivity contribution in [2.45, 2.75) is 25.7 Å². The van der Waals surface area contributed by atoms with E-state index in [1.54, 1.807) is 18.2 Å². The van der Waals surface area contributed by atoms with Crippen molar-refractivity contribution in [1.82, 2.24) is 0 Å². The molecule has 0 unspecified atom stereocenters. The molecule has 0 spiro atoms. The number of hydrogen-bond acceptors (Lipinski definition) is 3. The van der Waals surface area contributed by atoms with E-state index in [9.17, 15) is 4.79 Å². The molecule has 2 aromatic carbocycles. The number of benzene rings is 2. The molecule has 6 heteroatoms. The van der Waals surface area contributed by atoms with Gasteiger partial charge in [-0.3, -0.25) is 4.79 Å². The van der Waals surface area contributed by atoms with Crippen LogP contribution in [0.2, 0.25) is 10.0 Å². The molecule has 2 aromatic rings. The summed E-state index contributed by atoms with van der Waals surface area (Å²) in [4.78, 5) is 14.5. The first-order valence-corrected chi connectivity index (χ1v) is 9.70. The van der Waals surface area contributed by atoms with Crippen LogP contribution in [0.5, 0.6) is 0 Å². The van der Waals surface area contributed by atoms with Gasteiger partial charge in [-0.1, -0.05) is 23.2 Å². The van der Waals surface area contributed by atoms with Gasteiger partial charge >= 0.3 is 0 Å². The molecule has 26 heavy (non-hydrogen) atoms. The molecule has 1 fully saturated rings. The molecule has 0 aliphatic carbocycles. The van der Waals surface area contributed by atoms with Crippen LogP contribution in [0.3, 0.4) is 0 Å². The highest BCUT2D eigenvalue weighted by molar-refractivity contribution is 6.35. The molecule has 1 heterocycles. The average Bonchev–Trinajstić information content (AvgIpc) is 2.62. The Morgan fingerprint density at radius 1 is 0.923 bits per heavy atom. The molecule has 138 valence electrons. The fourth-order valence-electron chi connectivity index (χ4n) is 3.11. The Bertz CT molecular complexity index is 723. The van der Waals surface area contributed by atoms with Crippen molar-refractivity contribution >= 4 is 46.2 Å². The highest BCUT2D eigenvalue weighted by atomic mass is 35.5. The summed E-state index contributed by atoms with van der Waals surface area (Å²) in [6.07, 6.45) is 4.19. The van der Waals surface area contributed by atoms with Gasteiger partial charge in [0, 0.05) is 53.2 Å². The first kappa shape index (κ1) is 18.9. The smallest absolute Gasteiger partial charge is 0.226 e. The molecule has 4 nitrogen and oxygen atoms in total. The number of rotatable bonds is 6. The molecule has 0 bridgehead atoms. The van der Waals surface area contributed by atoms with Crippen LogP contribution in [0.4, 0.5) is 17.1 Å². The minimum atomic E-state index is -0.0312. The van der Waals surface area contributed by atoms with Crippen LogP contribution in [-0.4, -0.2) is 25.5 Å². The maximum Gasteiger partial charge on any atom is 0.226 e. The Labute approximate surface area is 164 Å². The Morgan fingerprint density at radius 2 is 1.58 bits per heavy atom. The highest BCUT2D eigenvalue weighted by Gasteiger charge is 2.11. The predicted octanol–water partition coefficient (Wildman–Crippen LogP) is 5.42. The topological polar surface area (TPSA) is 44.4 Å². The van der Waals surface area contributed by atoms with E-state index in [4.69, 9.17) is 23.2 Å². The third kappa shape index (κ3) is 5.55. The summed E-state index contributed by atoms with van der Waals surface area (Å²) in [5.41, 5.74) is 2.85. The summed E-state index contributed by atoms with van der Waals surface area (Å²) in [7, 11) is 0. The van der Waals surface area contributed by atoms with E-state index in [1.165, 1.54) is 24.9 Å². The number of piperidine rings is 1. The lowest BCUT2D eigenvalue weighted by Gasteiger charge is -2.28. The minimum Gasteiger partial charge on any atom is -0.384 e. The van der Waals surface area contributed by atoms with Gasteiger partial charge in [-0.2, -0.15) is 0 Å². The second kappa shape index (κ2) is 9.15. The first-order chi connectivity index (χ1) is 12.6. The van der Waals surface area contributed by atoms with Crippen LogP contribution in [0.25, 0.3) is 0 Å². The van der Waals surface area contributed by atoms with Gasteiger partial charge in [-0.15, -0.1) is 0 Å². The van der Waals surface area contributed by atoms with Crippen LogP contribution >= 0.6 is 23.2 Å². The Kier molecular flexibility index (Phi) is 6.64. The van der Waals surface area contributed by atoms with E-state index in [0.29, 0.717) is 23.0 Å². The van der Waals surface area contributed by atoms with E-state index in [-0.39, 0.29) is 5.91 Å². The van der Waals surface area contributed by atoms with Crippen LogP contribution in [-0.2, 0) is 4.79 Å². The van der Waals surface area contributed by atoms with Crippen LogP contribution in [0, 0.1) is 0 Å². The van der Waals surface area contributed by atoms with E-state index in [2.05, 4.69) is 27.7 Å². The largest absolute Gasteiger partial charge is 0.384 e. The second-order valence-corrected chi connectivity index (χ2v) is 7.35. The second-order valence-electron chi connectivity index (χ2n) is 6.48. The van der Waals surface area contributed by atoms with Gasteiger partial charge in [0.15, 0.2) is 0 Å². The van der Waals surface area contributed by atoms with E-state index < -0.39 is 0 Å². The number of hydrogen-bond donors (Lipinski definition) is 2. The lowest BCUT2D eigenvalue weighted by atomic mass is 10.1. The van der Waals surface area contributed by atoms with E-state index >= 15 is 0 Å². The molecule has 2 N–H and O–H groups in total. The highest BCUT2D eigenvalue weighted by Crippen LogP contribution is 2.23. The molecule has 3 rings (SSSR count). The molecular weight excluding hydrogens is 369 g/mol. The SMILES string of the molecule is O=C(CCNc1cc(Cl)cc(Cl)c1)Nc1ccc(N2CCCCC2)cc1. The minimum absolute atomic E-state index is 0.0312. The van der Waals surface area contributed by atoms with Crippen molar-refractivity contribution in [1.29, 1.82) is 0 Å². The zero-order valence-electron chi connectivity index (χ0n) is 14.6. The molecule has 0 aromatic heterocycles. The van der Waals surface area contributed by atoms with Gasteiger partial charge in [0.05, 0.1) is 0 Å². The monoisotopic (exact) mass is 391 g/mol. The van der Waals surface area contributed by atoms with Gasteiger partial charge in [0.1, 0.15) is 0 Å². The zero-order valence-corrected chi connectivity index (χ0v) is 16.1. The quantitative estimate of drug-likeness (QED) is 0.690. The number of amides is 1. The van der Waals surface area contributed by atoms with Crippen LogP contribution < -0.4 is 15.5 Å². The summed E-state index contributed by atoms with van der Waals surface area (Å²) in [6, 6.07) is 13.3. The fraction of sp³-hybridized carbons (Fsp3) is 0.350. The van der Waals surface area contributed by atoms with E-state index in [1.807, 2.05) is 12.1 Å². The summed E-state index contributed by atoms with van der Waals surface area (Å²) in [5, 5.41) is 7.23. The number of carbonyl (C=O) groups excluding carboxylic acids is 1. The van der Waals surface area contributed by atoms with Crippen molar-refractivity contribution in [2.75, 3.05) is 35.2 Å². The van der Waals surface area contributed by atoms with Crippen molar-refractivity contribution in [3.05, 3.63) is 52.5 Å². The molecule has 1 amide bonds. The Balaban J connectivity index is 1.45. The molecule has 0 saturated carbocycles. The number of halogens is 2. The summed E-state index contributed by atoms with van der Waals surface area (Å²) < 4.78 is 0. The summed E-state index contributed by atoms with van der Waals surface area (Å²) >= 11 is 11.9. The van der Waals surface area contributed by atoms with Crippen molar-refractivity contribution in [3.8, 4) is 0 Å². The normalized spacial score (nSPS) is 14.2. The summed E-state index contributed by atoms with van der Waals surface area (Å²) in [6.45, 7) is 2.74. The molecule has 0 radical (unpaired) electrons. The average molecular weight is 392 g/mol. The molecule has 0 atom stereocenters. The zero-order chi connectivity index (χ0) is 18.4. The number of carbonyl (C=O) groups is 1. The maximum absolute atomic E-state index is 12.1. The third-order valence-electron chi connectivity index (χ3n) is 4.42. The molecule has 1 saturated heterocycles. The van der Waals surface area contributed by atoms with Crippen LogP contribution in [0.1, 0.15) is 25.7 Å². The number of nitrogens with one attached hydrogen (secondary N) is 2. The lowest BCUT2D eigenvalue weighted by molar-refractivity contribution is -0.115. The molecular formula is C20H23Cl2N3O. The van der Waals surface area contributed by atoms with Gasteiger partial charge in [0.2, 0.25) is 5.91 Å². The van der Waals surface area contributed by atoms with Crippen molar-refractivity contribution < 1.29 is 4.79 Å². The van der Waals surface area contributed by atoms with Gasteiger partial charge in [-0.25, -0.2) is 0 Å². The lowest BCUT2D eigenvalue weighted by Crippen LogP contribution is -2.29. The van der Waals surface area contributed by atoms with Gasteiger partial charge in [-0.05, 0) is 61.7 Å². The molecule has 1 aliphatic heterocycles.